The number of carbonyl (C=O) groups excluding carboxylic acids is 2. The summed E-state index contributed by atoms with van der Waals surface area (Å²) < 4.78 is 21.8. The number of piperidine rings is 1. The van der Waals surface area contributed by atoms with Crippen molar-refractivity contribution in [2.24, 2.45) is 5.92 Å². The Morgan fingerprint density at radius 1 is 0.944 bits per heavy atom. The number of nitrogens with zero attached hydrogens (tertiary/aromatic N) is 2. The Morgan fingerprint density at radius 2 is 1.64 bits per heavy atom. The maximum atomic E-state index is 13.7. The largest absolute Gasteiger partial charge is 0.497 e. The number of benzene rings is 2. The fraction of sp³-hybridized carbons (Fsp3) is 0.500. The van der Waals surface area contributed by atoms with Crippen molar-refractivity contribution in [3.63, 3.8) is 0 Å². The van der Waals surface area contributed by atoms with E-state index < -0.39 is 0 Å². The Balaban J connectivity index is 1.42. The van der Waals surface area contributed by atoms with E-state index in [4.69, 9.17) is 18.9 Å². The zero-order valence-corrected chi connectivity index (χ0v) is 21.4. The maximum absolute atomic E-state index is 13.7. The van der Waals surface area contributed by atoms with E-state index in [9.17, 15) is 9.59 Å². The van der Waals surface area contributed by atoms with Gasteiger partial charge in [0.1, 0.15) is 17.2 Å². The molecule has 2 amide bonds. The summed E-state index contributed by atoms with van der Waals surface area (Å²) in [5.74, 6) is 1.85. The van der Waals surface area contributed by atoms with Gasteiger partial charge in [0.2, 0.25) is 5.91 Å². The molecule has 4 rings (SSSR count). The number of rotatable bonds is 9. The molecular weight excluding hydrogens is 460 g/mol. The Hall–Kier alpha value is -3.26. The Labute approximate surface area is 213 Å². The van der Waals surface area contributed by atoms with E-state index in [1.165, 1.54) is 0 Å². The SMILES string of the molecule is COc1cccc(CN(CC2CCCO2)C(=O)C2CCN(C(=O)c3cc(OC)cc(OC)c3)CC2)c1. The molecule has 2 heterocycles. The minimum Gasteiger partial charge on any atom is -0.497 e. The summed E-state index contributed by atoms with van der Waals surface area (Å²) in [4.78, 5) is 30.6. The van der Waals surface area contributed by atoms with Crippen molar-refractivity contribution >= 4 is 11.8 Å². The Morgan fingerprint density at radius 3 is 2.25 bits per heavy atom. The van der Waals surface area contributed by atoms with Crippen molar-refractivity contribution in [1.29, 1.82) is 0 Å². The van der Waals surface area contributed by atoms with Gasteiger partial charge in [0.15, 0.2) is 0 Å². The second-order valence-electron chi connectivity index (χ2n) is 9.37. The fourth-order valence-corrected chi connectivity index (χ4v) is 4.96. The summed E-state index contributed by atoms with van der Waals surface area (Å²) in [5.41, 5.74) is 1.55. The van der Waals surface area contributed by atoms with Crippen LogP contribution in [0.2, 0.25) is 0 Å². The molecule has 1 unspecified atom stereocenters. The van der Waals surface area contributed by atoms with Crippen LogP contribution in [0.25, 0.3) is 0 Å². The van der Waals surface area contributed by atoms with Crippen LogP contribution >= 0.6 is 0 Å². The molecule has 0 aliphatic carbocycles. The molecule has 0 saturated carbocycles. The first-order chi connectivity index (χ1) is 17.5. The highest BCUT2D eigenvalue weighted by molar-refractivity contribution is 5.95. The molecule has 2 fully saturated rings. The molecule has 0 N–H and O–H groups in total. The lowest BCUT2D eigenvalue weighted by molar-refractivity contribution is -0.139. The van der Waals surface area contributed by atoms with Crippen LogP contribution in [0.3, 0.4) is 0 Å². The maximum Gasteiger partial charge on any atom is 0.254 e. The molecule has 2 saturated heterocycles. The molecule has 1 atom stereocenters. The molecule has 0 aromatic heterocycles. The highest BCUT2D eigenvalue weighted by Gasteiger charge is 2.32. The van der Waals surface area contributed by atoms with Crippen molar-refractivity contribution in [3.8, 4) is 17.2 Å². The van der Waals surface area contributed by atoms with Gasteiger partial charge in [-0.25, -0.2) is 0 Å². The van der Waals surface area contributed by atoms with Crippen LogP contribution in [0.5, 0.6) is 17.2 Å². The molecule has 2 aliphatic rings. The van der Waals surface area contributed by atoms with Gasteiger partial charge in [0.25, 0.3) is 5.91 Å². The zero-order valence-electron chi connectivity index (χ0n) is 21.4. The minimum absolute atomic E-state index is 0.0734. The third-order valence-electron chi connectivity index (χ3n) is 7.00. The topological polar surface area (TPSA) is 77.5 Å². The van der Waals surface area contributed by atoms with Gasteiger partial charge in [-0.2, -0.15) is 0 Å². The summed E-state index contributed by atoms with van der Waals surface area (Å²) in [6.07, 6.45) is 3.34. The summed E-state index contributed by atoms with van der Waals surface area (Å²) >= 11 is 0. The Bertz CT molecular complexity index is 1020. The number of hydrogen-bond acceptors (Lipinski definition) is 6. The quantitative estimate of drug-likeness (QED) is 0.526. The number of methoxy groups -OCH3 is 3. The van der Waals surface area contributed by atoms with Gasteiger partial charge in [-0.3, -0.25) is 9.59 Å². The van der Waals surface area contributed by atoms with Gasteiger partial charge in [-0.15, -0.1) is 0 Å². The van der Waals surface area contributed by atoms with Crippen molar-refractivity contribution < 1.29 is 28.5 Å². The summed E-state index contributed by atoms with van der Waals surface area (Å²) in [5, 5.41) is 0. The van der Waals surface area contributed by atoms with Crippen LogP contribution in [-0.2, 0) is 16.1 Å². The van der Waals surface area contributed by atoms with Crippen molar-refractivity contribution in [2.45, 2.75) is 38.3 Å². The van der Waals surface area contributed by atoms with Crippen LogP contribution in [0.4, 0.5) is 0 Å². The standard InChI is InChI=1S/C28H36N2O6/c1-33-23-7-4-6-20(14-23)18-30(19-24-8-5-13-36-24)27(31)21-9-11-29(12-10-21)28(32)22-15-25(34-2)17-26(16-22)35-3/h4,6-7,14-17,21,24H,5,8-13,18-19H2,1-3H3. The molecule has 8 heteroatoms. The molecule has 8 nitrogen and oxygen atoms in total. The minimum atomic E-state index is -0.124. The summed E-state index contributed by atoms with van der Waals surface area (Å²) in [6, 6.07) is 13.0. The van der Waals surface area contributed by atoms with Crippen LogP contribution in [0.1, 0.15) is 41.6 Å². The first-order valence-corrected chi connectivity index (χ1v) is 12.6. The highest BCUT2D eigenvalue weighted by atomic mass is 16.5. The number of ether oxygens (including phenoxy) is 4. The van der Waals surface area contributed by atoms with E-state index in [-0.39, 0.29) is 23.8 Å². The number of amides is 2. The second kappa shape index (κ2) is 12.1. The average Bonchev–Trinajstić information content (AvgIpc) is 3.45. The first kappa shape index (κ1) is 25.8. The lowest BCUT2D eigenvalue weighted by atomic mass is 9.94. The van der Waals surface area contributed by atoms with E-state index in [2.05, 4.69) is 0 Å². The third-order valence-corrected chi connectivity index (χ3v) is 7.00. The molecule has 36 heavy (non-hydrogen) atoms. The van der Waals surface area contributed by atoms with Gasteiger partial charge in [0.05, 0.1) is 27.4 Å². The second-order valence-corrected chi connectivity index (χ2v) is 9.37. The molecule has 194 valence electrons. The fourth-order valence-electron chi connectivity index (χ4n) is 4.96. The predicted octanol–water partition coefficient (Wildman–Crippen LogP) is 3.77. The molecule has 2 aromatic carbocycles. The predicted molar refractivity (Wildman–Crippen MR) is 136 cm³/mol. The van der Waals surface area contributed by atoms with E-state index in [0.29, 0.717) is 56.1 Å². The molecular formula is C28H36N2O6. The van der Waals surface area contributed by atoms with Crippen LogP contribution < -0.4 is 14.2 Å². The summed E-state index contributed by atoms with van der Waals surface area (Å²) in [6.45, 7) is 2.90. The van der Waals surface area contributed by atoms with Crippen molar-refractivity contribution in [2.75, 3.05) is 47.6 Å². The summed E-state index contributed by atoms with van der Waals surface area (Å²) in [7, 11) is 4.77. The molecule has 0 spiro atoms. The molecule has 0 bridgehead atoms. The zero-order chi connectivity index (χ0) is 25.5. The van der Waals surface area contributed by atoms with Gasteiger partial charge >= 0.3 is 0 Å². The van der Waals surface area contributed by atoms with Gasteiger partial charge in [-0.1, -0.05) is 12.1 Å². The average molecular weight is 497 g/mol. The van der Waals surface area contributed by atoms with Gasteiger partial charge in [-0.05, 0) is 55.5 Å². The first-order valence-electron chi connectivity index (χ1n) is 12.6. The third kappa shape index (κ3) is 6.29. The molecule has 2 aromatic rings. The van der Waals surface area contributed by atoms with E-state index >= 15 is 0 Å². The smallest absolute Gasteiger partial charge is 0.254 e. The molecule has 0 radical (unpaired) electrons. The van der Waals surface area contributed by atoms with Crippen LogP contribution in [0.15, 0.2) is 42.5 Å². The normalized spacial score (nSPS) is 18.1. The Kier molecular flexibility index (Phi) is 8.70. The van der Waals surface area contributed by atoms with Crippen LogP contribution in [0, 0.1) is 5.92 Å². The lowest BCUT2D eigenvalue weighted by Gasteiger charge is -2.35. The number of likely N-dealkylation sites (tertiary alicyclic amines) is 1. The van der Waals surface area contributed by atoms with E-state index in [1.807, 2.05) is 34.1 Å². The highest BCUT2D eigenvalue weighted by Crippen LogP contribution is 2.27. The van der Waals surface area contributed by atoms with Crippen LogP contribution in [-0.4, -0.2) is 75.3 Å². The van der Waals surface area contributed by atoms with Crippen molar-refractivity contribution in [3.05, 3.63) is 53.6 Å². The number of hydrogen-bond donors (Lipinski definition) is 0. The van der Waals surface area contributed by atoms with Crippen molar-refractivity contribution in [1.82, 2.24) is 9.80 Å². The van der Waals surface area contributed by atoms with Gasteiger partial charge < -0.3 is 28.7 Å². The molecule has 2 aliphatic heterocycles. The number of carbonyl (C=O) groups is 2. The monoisotopic (exact) mass is 496 g/mol. The van der Waals surface area contributed by atoms with Gasteiger partial charge in [0, 0.05) is 50.3 Å². The lowest BCUT2D eigenvalue weighted by Crippen LogP contribution is -2.46. The van der Waals surface area contributed by atoms with E-state index in [0.717, 1.165) is 30.8 Å². The van der Waals surface area contributed by atoms with E-state index in [1.54, 1.807) is 39.5 Å².